The first kappa shape index (κ1) is 18.5. The van der Waals surface area contributed by atoms with Gasteiger partial charge >= 0.3 is 160 Å². The van der Waals surface area contributed by atoms with Crippen molar-refractivity contribution in [3.63, 3.8) is 0 Å². The number of hydrogen-bond donors (Lipinski definition) is 2. The van der Waals surface area contributed by atoms with Crippen molar-refractivity contribution in [2.45, 2.75) is 6.92 Å². The minimum atomic E-state index is -0.496. The van der Waals surface area contributed by atoms with E-state index in [1.807, 2.05) is 6.07 Å². The Bertz CT molecular complexity index is 1020. The van der Waals surface area contributed by atoms with Crippen LogP contribution in [-0.4, -0.2) is 36.2 Å². The predicted octanol–water partition coefficient (Wildman–Crippen LogP) is 2.86. The summed E-state index contributed by atoms with van der Waals surface area (Å²) >= 11 is -0.467. The van der Waals surface area contributed by atoms with Crippen LogP contribution in [0.5, 0.6) is 0 Å². The SMILES string of the molecule is Cc1ccc(NC(=O)c2cnc(NC(=O)c3ccccc3)[se]2)cc1[N+](=O)[O-]. The summed E-state index contributed by atoms with van der Waals surface area (Å²) in [5.74, 6) is -0.693. The van der Waals surface area contributed by atoms with E-state index >= 15 is 0 Å². The third-order valence-electron chi connectivity index (χ3n) is 3.65. The van der Waals surface area contributed by atoms with Gasteiger partial charge in [-0.25, -0.2) is 0 Å². The molecule has 136 valence electrons. The van der Waals surface area contributed by atoms with E-state index in [9.17, 15) is 19.7 Å². The summed E-state index contributed by atoms with van der Waals surface area (Å²) in [5, 5.41) is 16.3. The van der Waals surface area contributed by atoms with E-state index in [2.05, 4.69) is 15.6 Å². The number of amides is 2. The molecule has 0 atom stereocenters. The van der Waals surface area contributed by atoms with Crippen LogP contribution in [0.4, 0.5) is 16.1 Å². The fraction of sp³-hybridized carbons (Fsp3) is 0.0556. The molecule has 27 heavy (non-hydrogen) atoms. The normalized spacial score (nSPS) is 10.3. The van der Waals surface area contributed by atoms with Crippen LogP contribution in [0.25, 0.3) is 0 Å². The Morgan fingerprint density at radius 3 is 2.52 bits per heavy atom. The Hall–Kier alpha value is -3.29. The number of nitro benzene ring substituents is 1. The van der Waals surface area contributed by atoms with Crippen LogP contribution in [0, 0.1) is 17.0 Å². The van der Waals surface area contributed by atoms with Crippen molar-refractivity contribution in [3.05, 3.63) is 80.4 Å². The molecule has 0 bridgehead atoms. The van der Waals surface area contributed by atoms with Crippen molar-refractivity contribution in [1.82, 2.24) is 4.98 Å². The first-order chi connectivity index (χ1) is 12.9. The van der Waals surface area contributed by atoms with Crippen molar-refractivity contribution >= 4 is 42.4 Å². The van der Waals surface area contributed by atoms with Crippen molar-refractivity contribution in [3.8, 4) is 0 Å². The molecule has 2 N–H and O–H groups in total. The average Bonchev–Trinajstić information content (AvgIpc) is 3.12. The number of nitro groups is 1. The maximum atomic E-state index is 12.4. The number of rotatable bonds is 5. The molecule has 8 nitrogen and oxygen atoms in total. The molecule has 2 aromatic carbocycles. The summed E-state index contributed by atoms with van der Waals surface area (Å²) in [6.45, 7) is 1.63. The van der Waals surface area contributed by atoms with Gasteiger partial charge in [0.2, 0.25) is 0 Å². The number of carbonyl (C=O) groups is 2. The maximum absolute atomic E-state index is 12.4. The van der Waals surface area contributed by atoms with Gasteiger partial charge in [0, 0.05) is 0 Å². The van der Waals surface area contributed by atoms with E-state index in [1.165, 1.54) is 12.3 Å². The van der Waals surface area contributed by atoms with E-state index in [4.69, 9.17) is 0 Å². The Kier molecular flexibility index (Phi) is 5.44. The van der Waals surface area contributed by atoms with Gasteiger partial charge in [0.05, 0.1) is 0 Å². The van der Waals surface area contributed by atoms with Gasteiger partial charge in [-0.05, 0) is 0 Å². The summed E-state index contributed by atoms with van der Waals surface area (Å²) in [6.07, 6.45) is 1.40. The van der Waals surface area contributed by atoms with Crippen LogP contribution in [0.2, 0.25) is 0 Å². The number of aryl methyl sites for hydroxylation is 1. The average molecular weight is 429 g/mol. The van der Waals surface area contributed by atoms with Gasteiger partial charge in [-0.15, -0.1) is 0 Å². The predicted molar refractivity (Wildman–Crippen MR) is 101 cm³/mol. The van der Waals surface area contributed by atoms with Gasteiger partial charge in [-0.1, -0.05) is 0 Å². The number of anilines is 2. The number of benzene rings is 2. The van der Waals surface area contributed by atoms with E-state index in [0.717, 1.165) is 0 Å². The molecule has 0 aliphatic rings. The van der Waals surface area contributed by atoms with E-state index in [1.54, 1.807) is 43.3 Å². The van der Waals surface area contributed by atoms with Gasteiger partial charge in [0.1, 0.15) is 0 Å². The fourth-order valence-corrected chi connectivity index (χ4v) is 3.75. The second-order valence-electron chi connectivity index (χ2n) is 5.56. The molecule has 1 heterocycles. The minimum absolute atomic E-state index is 0.0641. The van der Waals surface area contributed by atoms with Crippen LogP contribution in [0.3, 0.4) is 0 Å². The second-order valence-corrected chi connectivity index (χ2v) is 7.72. The van der Waals surface area contributed by atoms with Crippen molar-refractivity contribution in [1.29, 1.82) is 0 Å². The zero-order chi connectivity index (χ0) is 19.4. The van der Waals surface area contributed by atoms with E-state index in [0.29, 0.717) is 25.9 Å². The zero-order valence-electron chi connectivity index (χ0n) is 14.1. The number of aromatic nitrogens is 1. The quantitative estimate of drug-likeness (QED) is 0.368. The number of nitrogens with one attached hydrogen (secondary N) is 2. The van der Waals surface area contributed by atoms with Gasteiger partial charge in [0.15, 0.2) is 0 Å². The Labute approximate surface area is 160 Å². The van der Waals surface area contributed by atoms with Crippen LogP contribution >= 0.6 is 0 Å². The number of carbonyl (C=O) groups excluding carboxylic acids is 2. The Morgan fingerprint density at radius 1 is 1.07 bits per heavy atom. The van der Waals surface area contributed by atoms with Crippen LogP contribution in [-0.2, 0) is 0 Å². The van der Waals surface area contributed by atoms with Crippen LogP contribution < -0.4 is 10.6 Å². The van der Waals surface area contributed by atoms with Gasteiger partial charge < -0.3 is 0 Å². The van der Waals surface area contributed by atoms with Gasteiger partial charge in [0.25, 0.3) is 0 Å². The molecule has 3 rings (SSSR count). The molecular weight excluding hydrogens is 415 g/mol. The van der Waals surface area contributed by atoms with Crippen molar-refractivity contribution in [2.24, 2.45) is 0 Å². The molecule has 0 saturated carbocycles. The van der Waals surface area contributed by atoms with Crippen LogP contribution in [0.1, 0.15) is 25.2 Å². The molecule has 0 saturated heterocycles. The molecule has 0 radical (unpaired) electrons. The Morgan fingerprint density at radius 2 is 1.81 bits per heavy atom. The molecule has 9 heteroatoms. The standard InChI is InChI=1S/C18H14N4O4Se/c1-11-7-8-13(9-14(11)22(25)26)20-17(24)15-10-19-18(27-15)21-16(23)12-5-3-2-4-6-12/h2-10H,1H3,(H,20,24)(H,19,21,23). The molecule has 2 amide bonds. The summed E-state index contributed by atoms with van der Waals surface area (Å²) < 4.78 is 0.838. The molecule has 0 aliphatic carbocycles. The topological polar surface area (TPSA) is 114 Å². The molecule has 0 aliphatic heterocycles. The summed E-state index contributed by atoms with van der Waals surface area (Å²) in [6, 6.07) is 13.2. The van der Waals surface area contributed by atoms with Crippen molar-refractivity contribution in [2.75, 3.05) is 10.6 Å². The monoisotopic (exact) mass is 430 g/mol. The second kappa shape index (κ2) is 7.94. The van der Waals surface area contributed by atoms with E-state index < -0.39 is 25.3 Å². The van der Waals surface area contributed by atoms with Crippen LogP contribution in [0.15, 0.2) is 54.7 Å². The fourth-order valence-electron chi connectivity index (χ4n) is 2.27. The first-order valence-corrected chi connectivity index (χ1v) is 9.54. The number of hydrogen-bond acceptors (Lipinski definition) is 5. The van der Waals surface area contributed by atoms with Gasteiger partial charge in [-0.3, -0.25) is 0 Å². The third-order valence-corrected chi connectivity index (χ3v) is 5.56. The zero-order valence-corrected chi connectivity index (χ0v) is 15.8. The molecule has 3 aromatic rings. The molecular formula is C18H14N4O4Se. The summed E-state index contributed by atoms with van der Waals surface area (Å²) in [5.41, 5.74) is 1.28. The molecule has 0 spiro atoms. The van der Waals surface area contributed by atoms with Gasteiger partial charge in [-0.2, -0.15) is 0 Å². The summed E-state index contributed by atoms with van der Waals surface area (Å²) in [7, 11) is 0. The summed E-state index contributed by atoms with van der Waals surface area (Å²) in [4.78, 5) is 39.1. The van der Waals surface area contributed by atoms with E-state index in [-0.39, 0.29) is 11.6 Å². The molecule has 1 aromatic heterocycles. The first-order valence-electron chi connectivity index (χ1n) is 7.82. The molecule has 0 fully saturated rings. The molecule has 0 unspecified atom stereocenters. The number of nitrogens with zero attached hydrogens (tertiary/aromatic N) is 2. The third kappa shape index (κ3) is 4.46. The van der Waals surface area contributed by atoms with Crippen molar-refractivity contribution < 1.29 is 14.5 Å². The Balaban J connectivity index is 1.69.